The smallest absolute Gasteiger partial charge is 0.406 e. The minimum atomic E-state index is -4.98. The molecule has 10 heteroatoms. The highest BCUT2D eigenvalue weighted by Crippen LogP contribution is 2.32. The van der Waals surface area contributed by atoms with Crippen molar-refractivity contribution in [3.8, 4) is 5.75 Å². The van der Waals surface area contributed by atoms with Crippen LogP contribution in [-0.2, 0) is 6.42 Å². The van der Waals surface area contributed by atoms with Gasteiger partial charge in [-0.1, -0.05) is 23.7 Å². The van der Waals surface area contributed by atoms with Crippen LogP contribution < -0.4 is 10.1 Å². The third-order valence-corrected chi connectivity index (χ3v) is 4.57. The van der Waals surface area contributed by atoms with Gasteiger partial charge in [-0.15, -0.1) is 13.2 Å². The summed E-state index contributed by atoms with van der Waals surface area (Å²) >= 11 is 5.91. The molecule has 1 N–H and O–H groups in total. The summed E-state index contributed by atoms with van der Waals surface area (Å²) in [7, 11) is 1.42. The summed E-state index contributed by atoms with van der Waals surface area (Å²) in [5.41, 5.74) is 0.801. The Balaban J connectivity index is 2.23. The van der Waals surface area contributed by atoms with Crippen molar-refractivity contribution in [3.05, 3.63) is 63.9 Å². The van der Waals surface area contributed by atoms with Crippen LogP contribution >= 0.6 is 11.6 Å². The lowest BCUT2D eigenvalue weighted by atomic mass is 9.94. The number of rotatable bonds is 2. The van der Waals surface area contributed by atoms with E-state index in [1.165, 1.54) is 7.05 Å². The molecule has 0 saturated heterocycles. The Hall–Kier alpha value is -2.81. The van der Waals surface area contributed by atoms with Crippen molar-refractivity contribution >= 4 is 23.3 Å². The molecule has 0 bridgehead atoms. The van der Waals surface area contributed by atoms with E-state index < -0.39 is 30.0 Å². The van der Waals surface area contributed by atoms with Crippen LogP contribution in [0.2, 0.25) is 5.02 Å². The predicted molar refractivity (Wildman–Crippen MR) is 99.6 cm³/mol. The summed E-state index contributed by atoms with van der Waals surface area (Å²) in [6.45, 7) is 1.66. The van der Waals surface area contributed by atoms with Gasteiger partial charge in [-0.25, -0.2) is 14.2 Å². The average molecular weight is 430 g/mol. The number of amides is 2. The van der Waals surface area contributed by atoms with Gasteiger partial charge in [-0.2, -0.15) is 5.10 Å². The lowest BCUT2D eigenvalue weighted by Crippen LogP contribution is -2.41. The van der Waals surface area contributed by atoms with Crippen LogP contribution in [0.3, 0.4) is 0 Å². The predicted octanol–water partition coefficient (Wildman–Crippen LogP) is 4.72. The van der Waals surface area contributed by atoms with Gasteiger partial charge in [0.25, 0.3) is 0 Å². The molecule has 2 amide bonds. The van der Waals surface area contributed by atoms with E-state index in [4.69, 9.17) is 11.6 Å². The van der Waals surface area contributed by atoms with Crippen LogP contribution in [0, 0.1) is 5.82 Å². The molecule has 0 saturated carbocycles. The maximum Gasteiger partial charge on any atom is 0.573 e. The number of hydrogen-bond acceptors (Lipinski definition) is 3. The summed E-state index contributed by atoms with van der Waals surface area (Å²) in [6.07, 6.45) is -4.94. The second-order valence-corrected chi connectivity index (χ2v) is 6.82. The number of carbonyl (C=O) groups is 1. The molecule has 1 heterocycles. The highest BCUT2D eigenvalue weighted by Gasteiger charge is 2.34. The highest BCUT2D eigenvalue weighted by molar-refractivity contribution is 6.30. The standard InChI is InChI=1S/C19H16ClF4N3O2/c1-10-7-14-15(8-13(9-16(14)21)29-19(22,23)24)17(26-27(10)18(28)25-2)11-3-5-12(20)6-4-11/h3-6,8-10H,7H2,1-2H3,(H,25,28). The minimum Gasteiger partial charge on any atom is -0.406 e. The monoisotopic (exact) mass is 429 g/mol. The average Bonchev–Trinajstić information content (AvgIpc) is 2.78. The fraction of sp³-hybridized carbons (Fsp3) is 0.263. The normalized spacial score (nSPS) is 16.6. The molecule has 1 aliphatic heterocycles. The van der Waals surface area contributed by atoms with Crippen molar-refractivity contribution in [2.45, 2.75) is 25.7 Å². The molecule has 2 aromatic carbocycles. The van der Waals surface area contributed by atoms with E-state index in [1.807, 2.05) is 0 Å². The number of fused-ring (bicyclic) bond motifs is 1. The van der Waals surface area contributed by atoms with E-state index in [0.717, 1.165) is 11.1 Å². The summed E-state index contributed by atoms with van der Waals surface area (Å²) < 4.78 is 56.7. The summed E-state index contributed by atoms with van der Waals surface area (Å²) in [5.74, 6) is -1.59. The van der Waals surface area contributed by atoms with E-state index in [2.05, 4.69) is 15.2 Å². The molecule has 154 valence electrons. The Morgan fingerprint density at radius 3 is 2.52 bits per heavy atom. The maximum atomic E-state index is 14.8. The van der Waals surface area contributed by atoms with Crippen molar-refractivity contribution in [2.75, 3.05) is 7.05 Å². The number of benzene rings is 2. The molecule has 2 aromatic rings. The van der Waals surface area contributed by atoms with Crippen LogP contribution in [0.25, 0.3) is 0 Å². The first-order chi connectivity index (χ1) is 13.6. The summed E-state index contributed by atoms with van der Waals surface area (Å²) in [6, 6.07) is 6.93. The Bertz CT molecular complexity index is 961. The lowest BCUT2D eigenvalue weighted by molar-refractivity contribution is -0.274. The van der Waals surface area contributed by atoms with Crippen LogP contribution in [0.4, 0.5) is 22.4 Å². The van der Waals surface area contributed by atoms with Gasteiger partial charge in [-0.3, -0.25) is 0 Å². The third-order valence-electron chi connectivity index (χ3n) is 4.32. The van der Waals surface area contributed by atoms with Crippen molar-refractivity contribution < 1.29 is 27.1 Å². The zero-order chi connectivity index (χ0) is 21.3. The van der Waals surface area contributed by atoms with Gasteiger partial charge >= 0.3 is 12.4 Å². The van der Waals surface area contributed by atoms with Crippen LogP contribution in [0.5, 0.6) is 5.75 Å². The molecule has 0 aliphatic carbocycles. The first-order valence-electron chi connectivity index (χ1n) is 8.53. The number of nitrogens with zero attached hydrogens (tertiary/aromatic N) is 2. The zero-order valence-electron chi connectivity index (χ0n) is 15.3. The highest BCUT2D eigenvalue weighted by atomic mass is 35.5. The van der Waals surface area contributed by atoms with E-state index in [0.29, 0.717) is 16.7 Å². The quantitative estimate of drug-likeness (QED) is 0.702. The number of urea groups is 1. The third kappa shape index (κ3) is 4.61. The largest absolute Gasteiger partial charge is 0.573 e. The molecule has 0 aromatic heterocycles. The lowest BCUT2D eigenvalue weighted by Gasteiger charge is -2.22. The maximum absolute atomic E-state index is 14.8. The number of halogens is 5. The number of carbonyl (C=O) groups excluding carboxylic acids is 1. The van der Waals surface area contributed by atoms with Crippen molar-refractivity contribution in [1.82, 2.24) is 10.3 Å². The number of hydrogen-bond donors (Lipinski definition) is 1. The van der Waals surface area contributed by atoms with E-state index in [-0.39, 0.29) is 23.3 Å². The minimum absolute atomic E-state index is 0.0431. The SMILES string of the molecule is CNC(=O)N1N=C(c2ccc(Cl)cc2)c2cc(OC(F)(F)F)cc(F)c2CC1C. The van der Waals surface area contributed by atoms with Gasteiger partial charge < -0.3 is 10.1 Å². The molecule has 0 fully saturated rings. The molecule has 1 atom stereocenters. The van der Waals surface area contributed by atoms with Gasteiger partial charge in [-0.05, 0) is 37.1 Å². The fourth-order valence-corrected chi connectivity index (χ4v) is 3.17. The van der Waals surface area contributed by atoms with Gasteiger partial charge in [0, 0.05) is 29.3 Å². The molecule has 1 aliphatic rings. The van der Waals surface area contributed by atoms with Crippen molar-refractivity contribution in [3.63, 3.8) is 0 Å². The summed E-state index contributed by atoms with van der Waals surface area (Å²) in [4.78, 5) is 12.3. The molecule has 3 rings (SSSR count). The Morgan fingerprint density at radius 1 is 1.28 bits per heavy atom. The Labute approximate surface area is 168 Å². The molecule has 0 radical (unpaired) electrons. The first-order valence-corrected chi connectivity index (χ1v) is 8.91. The van der Waals surface area contributed by atoms with Crippen molar-refractivity contribution in [1.29, 1.82) is 0 Å². The Kier molecular flexibility index (Phi) is 5.70. The zero-order valence-corrected chi connectivity index (χ0v) is 16.1. The van der Waals surface area contributed by atoms with E-state index >= 15 is 0 Å². The van der Waals surface area contributed by atoms with Crippen LogP contribution in [0.15, 0.2) is 41.5 Å². The molecule has 5 nitrogen and oxygen atoms in total. The number of ether oxygens (including phenoxy) is 1. The van der Waals surface area contributed by atoms with Gasteiger partial charge in [0.15, 0.2) is 0 Å². The van der Waals surface area contributed by atoms with Gasteiger partial charge in [0.05, 0.1) is 11.8 Å². The first kappa shape index (κ1) is 20.9. The van der Waals surface area contributed by atoms with Crippen LogP contribution in [-0.4, -0.2) is 36.2 Å². The fourth-order valence-electron chi connectivity index (χ4n) is 3.05. The molecule has 1 unspecified atom stereocenters. The van der Waals surface area contributed by atoms with Gasteiger partial charge in [0.1, 0.15) is 11.6 Å². The number of alkyl halides is 3. The second kappa shape index (κ2) is 7.90. The molecular formula is C19H16ClF4N3O2. The van der Waals surface area contributed by atoms with Crippen molar-refractivity contribution in [2.24, 2.45) is 5.10 Å². The molecule has 29 heavy (non-hydrogen) atoms. The second-order valence-electron chi connectivity index (χ2n) is 6.39. The molecule has 0 spiro atoms. The number of hydrazone groups is 1. The number of nitrogens with one attached hydrogen (secondary N) is 1. The molecular weight excluding hydrogens is 414 g/mol. The van der Waals surface area contributed by atoms with E-state index in [9.17, 15) is 22.4 Å². The Morgan fingerprint density at radius 2 is 1.93 bits per heavy atom. The van der Waals surface area contributed by atoms with E-state index in [1.54, 1.807) is 31.2 Å². The summed E-state index contributed by atoms with van der Waals surface area (Å²) in [5, 5.41) is 8.35. The van der Waals surface area contributed by atoms with Crippen LogP contribution in [0.1, 0.15) is 23.6 Å². The van der Waals surface area contributed by atoms with Gasteiger partial charge in [0.2, 0.25) is 0 Å². The topological polar surface area (TPSA) is 53.9 Å².